The maximum Gasteiger partial charge on any atom is 0.332 e. The molecule has 6 nitrogen and oxygen atoms in total. The van der Waals surface area contributed by atoms with Crippen molar-refractivity contribution in [3.8, 4) is 0 Å². The highest BCUT2D eigenvalue weighted by Crippen LogP contribution is 2.02. The summed E-state index contributed by atoms with van der Waals surface area (Å²) >= 11 is 0. The molecule has 0 aromatic heterocycles. The van der Waals surface area contributed by atoms with E-state index in [4.69, 9.17) is 15.9 Å². The normalized spacial score (nSPS) is 14.7. The van der Waals surface area contributed by atoms with E-state index >= 15 is 0 Å². The first-order chi connectivity index (χ1) is 6.49. The molecule has 0 aromatic rings. The zero-order chi connectivity index (χ0) is 11.1. The number of carboxylic acid groups (broad SMARTS) is 2. The molecule has 0 amide bonds. The maximum absolute atomic E-state index is 11.6. The van der Waals surface area contributed by atoms with E-state index in [0.29, 0.717) is 0 Å². The first kappa shape index (κ1) is 12.8. The van der Waals surface area contributed by atoms with Crippen LogP contribution in [-0.2, 0) is 14.3 Å². The molecule has 0 spiro atoms. The number of nitrogens with two attached hydrogens (primary N) is 1. The summed E-state index contributed by atoms with van der Waals surface area (Å²) in [4.78, 5) is 20.8. The van der Waals surface area contributed by atoms with Gasteiger partial charge in [0.25, 0.3) is 0 Å². The summed E-state index contributed by atoms with van der Waals surface area (Å²) in [7, 11) is 0. The number of carboxylic acids is 2. The van der Waals surface area contributed by atoms with Gasteiger partial charge in [-0.3, -0.25) is 4.79 Å². The van der Waals surface area contributed by atoms with Crippen LogP contribution in [0.4, 0.5) is 4.39 Å². The van der Waals surface area contributed by atoms with Crippen LogP contribution < -0.4 is 5.73 Å². The molecule has 0 bridgehead atoms. The van der Waals surface area contributed by atoms with E-state index in [-0.39, 0.29) is 13.0 Å². The van der Waals surface area contributed by atoms with E-state index in [1.54, 1.807) is 0 Å². The Morgan fingerprint density at radius 3 is 2.29 bits per heavy atom. The highest BCUT2D eigenvalue weighted by molar-refractivity contribution is 5.76. The molecule has 0 aliphatic carbocycles. The molecular weight excluding hydrogens is 196 g/mol. The van der Waals surface area contributed by atoms with Crippen LogP contribution in [0.5, 0.6) is 0 Å². The van der Waals surface area contributed by atoms with Gasteiger partial charge in [0, 0.05) is 6.42 Å². The first-order valence-corrected chi connectivity index (χ1v) is 3.87. The molecule has 0 saturated carbocycles. The van der Waals surface area contributed by atoms with Gasteiger partial charge in [-0.05, 0) is 0 Å². The lowest BCUT2D eigenvalue weighted by Crippen LogP contribution is -2.38. The van der Waals surface area contributed by atoms with Crippen LogP contribution in [0.15, 0.2) is 0 Å². The Morgan fingerprint density at radius 1 is 1.36 bits per heavy atom. The smallest absolute Gasteiger partial charge is 0.332 e. The molecular formula is C7H12FNO5. The zero-order valence-corrected chi connectivity index (χ0v) is 7.35. The SMILES string of the molecule is NC(C[C@H](OCC[18F])C(=O)O)C(=O)O. The summed E-state index contributed by atoms with van der Waals surface area (Å²) in [6, 6.07) is -1.32. The van der Waals surface area contributed by atoms with Crippen molar-refractivity contribution in [3.63, 3.8) is 0 Å². The lowest BCUT2D eigenvalue weighted by molar-refractivity contribution is -0.152. The van der Waals surface area contributed by atoms with E-state index in [9.17, 15) is 14.0 Å². The van der Waals surface area contributed by atoms with Crippen LogP contribution in [0.2, 0.25) is 0 Å². The van der Waals surface area contributed by atoms with Crippen molar-refractivity contribution in [2.75, 3.05) is 13.3 Å². The predicted octanol–water partition coefficient (Wildman–Crippen LogP) is -0.772. The number of aliphatic carboxylic acids is 2. The number of carbonyl (C=O) groups is 2. The number of hydrogen-bond acceptors (Lipinski definition) is 4. The Hall–Kier alpha value is -1.21. The molecule has 14 heavy (non-hydrogen) atoms. The zero-order valence-electron chi connectivity index (χ0n) is 7.35. The Labute approximate surface area is 79.5 Å². The summed E-state index contributed by atoms with van der Waals surface area (Å²) in [5.74, 6) is -2.67. The van der Waals surface area contributed by atoms with Crippen molar-refractivity contribution in [1.29, 1.82) is 0 Å². The summed E-state index contributed by atoms with van der Waals surface area (Å²) < 4.78 is 16.2. The second-order valence-corrected chi connectivity index (χ2v) is 2.57. The fraction of sp³-hybridized carbons (Fsp3) is 0.714. The van der Waals surface area contributed by atoms with Gasteiger partial charge in [0.2, 0.25) is 0 Å². The third kappa shape index (κ3) is 4.73. The molecule has 0 fully saturated rings. The molecule has 0 aromatic carbocycles. The van der Waals surface area contributed by atoms with Crippen LogP contribution in [0.25, 0.3) is 0 Å². The fourth-order valence-corrected chi connectivity index (χ4v) is 0.758. The summed E-state index contributed by atoms with van der Waals surface area (Å²) in [6.45, 7) is -1.21. The van der Waals surface area contributed by atoms with Gasteiger partial charge in [0.05, 0.1) is 6.61 Å². The molecule has 82 valence electrons. The minimum atomic E-state index is -1.38. The lowest BCUT2D eigenvalue weighted by atomic mass is 10.1. The van der Waals surface area contributed by atoms with E-state index in [0.717, 1.165) is 0 Å². The first-order valence-electron chi connectivity index (χ1n) is 3.87. The number of hydrogen-bond donors (Lipinski definition) is 3. The van der Waals surface area contributed by atoms with Gasteiger partial charge >= 0.3 is 11.9 Å². The topological polar surface area (TPSA) is 110 Å². The van der Waals surface area contributed by atoms with Gasteiger partial charge < -0.3 is 20.7 Å². The Balaban J connectivity index is 4.08. The van der Waals surface area contributed by atoms with Crippen molar-refractivity contribution >= 4 is 11.9 Å². The van der Waals surface area contributed by atoms with Crippen LogP contribution in [0, 0.1) is 0 Å². The Morgan fingerprint density at radius 2 is 1.93 bits per heavy atom. The Bertz CT molecular complexity index is 210. The largest absolute Gasteiger partial charge is 0.480 e. The standard InChI is InChI=1S/C7H12FNO5/c8-1-2-14-5(7(12)13)3-4(9)6(10)11/h4-5H,1-3,9H2,(H,10,11)(H,12,13)/t4?,5-/m0/s1/i8-1. The van der Waals surface area contributed by atoms with Crippen LogP contribution in [0.3, 0.4) is 0 Å². The summed E-state index contributed by atoms with van der Waals surface area (Å²) in [6.07, 6.45) is -1.76. The molecule has 7 heteroatoms. The van der Waals surface area contributed by atoms with E-state index in [1.807, 2.05) is 0 Å². The van der Waals surface area contributed by atoms with Gasteiger partial charge in [-0.2, -0.15) is 0 Å². The van der Waals surface area contributed by atoms with Gasteiger partial charge in [-0.15, -0.1) is 0 Å². The molecule has 0 heterocycles. The van der Waals surface area contributed by atoms with Gasteiger partial charge in [0.1, 0.15) is 12.7 Å². The minimum absolute atomic E-state index is 0.384. The predicted molar refractivity (Wildman–Crippen MR) is 43.6 cm³/mol. The quantitative estimate of drug-likeness (QED) is 0.506. The van der Waals surface area contributed by atoms with Crippen molar-refractivity contribution < 1.29 is 28.9 Å². The van der Waals surface area contributed by atoms with Crippen LogP contribution in [-0.4, -0.2) is 47.6 Å². The number of halogens is 1. The second-order valence-electron chi connectivity index (χ2n) is 2.57. The summed E-state index contributed by atoms with van der Waals surface area (Å²) in [5, 5.41) is 16.9. The average molecular weight is 208 g/mol. The molecule has 0 saturated heterocycles. The second kappa shape index (κ2) is 6.28. The molecule has 0 aliphatic heterocycles. The molecule has 0 rings (SSSR count). The molecule has 4 N–H and O–H groups in total. The van der Waals surface area contributed by atoms with Gasteiger partial charge in [-0.1, -0.05) is 0 Å². The molecule has 0 radical (unpaired) electrons. The van der Waals surface area contributed by atoms with E-state index in [2.05, 4.69) is 4.74 Å². The minimum Gasteiger partial charge on any atom is -0.480 e. The fourth-order valence-electron chi connectivity index (χ4n) is 0.758. The van der Waals surface area contributed by atoms with E-state index in [1.165, 1.54) is 0 Å². The average Bonchev–Trinajstić information content (AvgIpc) is 2.10. The van der Waals surface area contributed by atoms with Crippen molar-refractivity contribution in [3.05, 3.63) is 0 Å². The van der Waals surface area contributed by atoms with Crippen LogP contribution in [0.1, 0.15) is 6.42 Å². The van der Waals surface area contributed by atoms with Gasteiger partial charge in [-0.25, -0.2) is 9.18 Å². The third-order valence-electron chi connectivity index (χ3n) is 1.46. The molecule has 0 aliphatic rings. The third-order valence-corrected chi connectivity index (χ3v) is 1.46. The Kier molecular flexibility index (Phi) is 5.73. The highest BCUT2D eigenvalue weighted by atomic mass is 18.2. The van der Waals surface area contributed by atoms with E-state index < -0.39 is 30.8 Å². The van der Waals surface area contributed by atoms with Crippen molar-refractivity contribution in [2.45, 2.75) is 18.6 Å². The van der Waals surface area contributed by atoms with Crippen molar-refractivity contribution in [2.24, 2.45) is 5.73 Å². The summed E-state index contributed by atoms with van der Waals surface area (Å²) in [5.41, 5.74) is 5.09. The number of alkyl halides is 1. The van der Waals surface area contributed by atoms with Crippen LogP contribution >= 0.6 is 0 Å². The lowest BCUT2D eigenvalue weighted by Gasteiger charge is -2.14. The molecule has 1 unspecified atom stereocenters. The monoisotopic (exact) mass is 208 g/mol. The number of rotatable bonds is 7. The van der Waals surface area contributed by atoms with Crippen molar-refractivity contribution in [1.82, 2.24) is 0 Å². The maximum atomic E-state index is 11.6. The highest BCUT2D eigenvalue weighted by Gasteiger charge is 2.24. The molecule has 2 atom stereocenters. The van der Waals surface area contributed by atoms with Gasteiger partial charge in [0.15, 0.2) is 6.10 Å². The number of ether oxygens (including phenoxy) is 1.